The zero-order chi connectivity index (χ0) is 71.5. The number of aliphatic hydroxyl groups excluding tert-OH is 1. The first-order chi connectivity index (χ1) is 52.0. The molecule has 2 N–H and O–H groups in total. The molecule has 12 heteroatoms. The Labute approximate surface area is 646 Å². The molecule has 2 atom stereocenters. The summed E-state index contributed by atoms with van der Waals surface area (Å²) in [6, 6.07) is 150. The average Bonchev–Trinajstić information content (AvgIpc) is 1.61. The number of pyridine rings is 1. The first-order valence-electron chi connectivity index (χ1n) is 35.2. The number of nitrogens with zero attached hydrogens (tertiary/aromatic N) is 2. The molecule has 1 saturated heterocycles. The van der Waals surface area contributed by atoms with Crippen molar-refractivity contribution in [3.63, 3.8) is 0 Å². The van der Waals surface area contributed by atoms with Crippen molar-refractivity contribution in [2.24, 2.45) is 0 Å². The molecule has 0 amide bonds. The van der Waals surface area contributed by atoms with Crippen molar-refractivity contribution < 1.29 is 35.0 Å². The smallest absolute Gasteiger partial charge is 0.296 e. The molecule has 0 radical (unpaired) electrons. The quantitative estimate of drug-likeness (QED) is 0.0744. The summed E-state index contributed by atoms with van der Waals surface area (Å²) in [4.78, 5) is 12.0. The van der Waals surface area contributed by atoms with Crippen molar-refractivity contribution >= 4 is 118 Å². The molecule has 1 aliphatic heterocycles. The number of rotatable bonds is 16. The molecule has 2 unspecified atom stereocenters. The topological polar surface area (TPSA) is 80.3 Å². The number of fused-ring (bicyclic) bond motifs is 1. The Kier molecular flexibility index (Phi) is 28.6. The Morgan fingerprint density at radius 3 is 0.764 bits per heavy atom. The summed E-state index contributed by atoms with van der Waals surface area (Å²) in [5, 5.41) is 27.6. The van der Waals surface area contributed by atoms with E-state index < -0.39 is 43.9 Å². The van der Waals surface area contributed by atoms with E-state index in [2.05, 4.69) is 391 Å². The van der Waals surface area contributed by atoms with E-state index >= 15 is 0 Å². The van der Waals surface area contributed by atoms with Crippen LogP contribution in [0.5, 0.6) is 6.01 Å². The summed E-state index contributed by atoms with van der Waals surface area (Å²) < 4.78 is 10.9. The molecule has 16 aromatic rings. The molecule has 1 aliphatic rings. The van der Waals surface area contributed by atoms with Gasteiger partial charge in [-0.2, -0.15) is 4.98 Å². The molecule has 6 nitrogen and oxygen atoms in total. The van der Waals surface area contributed by atoms with Crippen LogP contribution in [-0.4, -0.2) is 45.5 Å². The monoisotopic (exact) mass is 1570 g/mol. The standard InChI is InChI=1S/C22H18ClN3O3.4C18H15P.Pd/c23-16-10-17-21(26-22(24-17)29-19-12-28-11-18(19)27)25-20(16)15-8-6-14(7-9-15)13-4-2-1-3-5-13;4*1-4-10-16(11-5-1)19(17-12-6-2-7-13-17)18-14-8-3-9-15-18;/h1-10,18-19,27H,11-12H2,(H,24,25,26);4*1-15H;/p+4. The predicted octanol–water partition coefficient (Wildman–Crippen LogP) is 16.8. The SMILES string of the molecule is OC1COCC1Oc1nc2nc(-c3ccc(-c4ccccc4)cc3)c(Cl)cc2[nH]1.[Pd].c1ccc([PH+](c2ccccc2)c2ccccc2)cc1.c1ccc([PH+](c2ccccc2)c2ccccc2)cc1.c1ccc([PH+](c2ccccc2)c2ccccc2)cc1.c1ccc([PH+](c2ccccc2)c2ccccc2)cc1. The summed E-state index contributed by atoms with van der Waals surface area (Å²) in [5.74, 6) is 0. The summed E-state index contributed by atoms with van der Waals surface area (Å²) in [6.45, 7) is 0.587. The molecular weight excluding hydrogens is 1480 g/mol. The molecule has 17 rings (SSSR count). The van der Waals surface area contributed by atoms with Crippen LogP contribution in [0.15, 0.2) is 425 Å². The minimum absolute atomic E-state index is 0. The second kappa shape index (κ2) is 40.0. The maximum absolute atomic E-state index is 9.84. The number of nitrogens with one attached hydrogen (secondary N) is 1. The second-order valence-corrected chi connectivity index (χ2v) is 35.2. The van der Waals surface area contributed by atoms with Gasteiger partial charge in [0, 0.05) is 26.0 Å². The Morgan fingerprint density at radius 1 is 0.302 bits per heavy atom. The van der Waals surface area contributed by atoms with E-state index in [0.29, 0.717) is 28.5 Å². The minimum Gasteiger partial charge on any atom is -0.456 e. The normalized spacial score (nSPS) is 12.8. The number of imidazole rings is 1. The number of hydrogen-bond donors (Lipinski definition) is 2. The van der Waals surface area contributed by atoms with Crippen LogP contribution in [0.2, 0.25) is 5.02 Å². The van der Waals surface area contributed by atoms with Gasteiger partial charge < -0.3 is 19.6 Å². The average molecular weight is 1570 g/mol. The Hall–Kier alpha value is -9.91. The second-order valence-electron chi connectivity index (χ2n) is 24.8. The van der Waals surface area contributed by atoms with E-state index in [1.807, 2.05) is 42.5 Å². The van der Waals surface area contributed by atoms with E-state index in [1.54, 1.807) is 6.07 Å². The van der Waals surface area contributed by atoms with Crippen LogP contribution in [0, 0.1) is 0 Å². The predicted molar refractivity (Wildman–Crippen MR) is 457 cm³/mol. The van der Waals surface area contributed by atoms with Gasteiger partial charge >= 0.3 is 0 Å². The molecular formula is C94H82ClN3O3P4Pd+4. The zero-order valence-corrected chi connectivity index (χ0v) is 64.6. The number of H-pyrrole nitrogens is 1. The van der Waals surface area contributed by atoms with Crippen molar-refractivity contribution in [1.29, 1.82) is 0 Å². The van der Waals surface area contributed by atoms with Gasteiger partial charge in [-0.1, -0.05) is 285 Å². The van der Waals surface area contributed by atoms with Crippen molar-refractivity contribution in [3.8, 4) is 28.4 Å². The van der Waals surface area contributed by atoms with E-state index in [-0.39, 0.29) is 33.0 Å². The molecule has 0 saturated carbocycles. The van der Waals surface area contributed by atoms with Crippen molar-refractivity contribution in [3.05, 3.63) is 430 Å². The maximum Gasteiger partial charge on any atom is 0.296 e. The van der Waals surface area contributed by atoms with Crippen molar-refractivity contribution in [1.82, 2.24) is 15.0 Å². The van der Waals surface area contributed by atoms with Gasteiger partial charge in [0.15, 0.2) is 11.8 Å². The third-order valence-electron chi connectivity index (χ3n) is 17.7. The summed E-state index contributed by atoms with van der Waals surface area (Å²) in [7, 11) is -3.51. The number of hydrogen-bond acceptors (Lipinski definition) is 5. The third-order valence-corrected chi connectivity index (χ3v) is 28.9. The minimum atomic E-state index is -0.877. The fourth-order valence-electron chi connectivity index (χ4n) is 12.6. The van der Waals surface area contributed by atoms with E-state index in [9.17, 15) is 5.11 Å². The number of ether oxygens (including phenoxy) is 2. The van der Waals surface area contributed by atoms with Gasteiger partial charge in [-0.15, -0.1) is 0 Å². The third kappa shape index (κ3) is 20.8. The van der Waals surface area contributed by atoms with Gasteiger partial charge in [0.05, 0.1) is 61.1 Å². The van der Waals surface area contributed by atoms with Crippen LogP contribution >= 0.6 is 43.3 Å². The summed E-state index contributed by atoms with van der Waals surface area (Å²) in [6.07, 6.45) is -1.12. The molecule has 14 aromatic carbocycles. The zero-order valence-electron chi connectivity index (χ0n) is 58.3. The number of aliphatic hydroxyl groups is 1. The molecule has 524 valence electrons. The Balaban J connectivity index is 0.000000125. The van der Waals surface area contributed by atoms with E-state index in [1.165, 1.54) is 63.7 Å². The van der Waals surface area contributed by atoms with E-state index in [4.69, 9.17) is 21.1 Å². The number of halogens is 1. The molecule has 0 aliphatic carbocycles. The molecule has 1 fully saturated rings. The largest absolute Gasteiger partial charge is 0.456 e. The van der Waals surface area contributed by atoms with Crippen LogP contribution in [0.25, 0.3) is 33.5 Å². The maximum atomic E-state index is 9.84. The van der Waals surface area contributed by atoms with Crippen LogP contribution in [0.1, 0.15) is 0 Å². The van der Waals surface area contributed by atoms with E-state index in [0.717, 1.165) is 16.7 Å². The van der Waals surface area contributed by atoms with Gasteiger partial charge in [0.1, 0.15) is 69.8 Å². The summed E-state index contributed by atoms with van der Waals surface area (Å²) >= 11 is 6.49. The Bertz CT molecular complexity index is 4300. The van der Waals surface area contributed by atoms with Crippen LogP contribution in [0.4, 0.5) is 0 Å². The molecule has 106 heavy (non-hydrogen) atoms. The molecule has 0 spiro atoms. The van der Waals surface area contributed by atoms with Crippen LogP contribution in [0.3, 0.4) is 0 Å². The molecule has 3 heterocycles. The van der Waals surface area contributed by atoms with Crippen LogP contribution in [-0.2, 0) is 25.2 Å². The first-order valence-corrected chi connectivity index (χ1v) is 41.6. The van der Waals surface area contributed by atoms with Gasteiger partial charge in [-0.05, 0) is 163 Å². The van der Waals surface area contributed by atoms with Crippen molar-refractivity contribution in [2.45, 2.75) is 12.2 Å². The Morgan fingerprint density at radius 2 is 0.528 bits per heavy atom. The van der Waals surface area contributed by atoms with Crippen molar-refractivity contribution in [2.75, 3.05) is 13.2 Å². The van der Waals surface area contributed by atoms with Gasteiger partial charge in [0.25, 0.3) is 6.01 Å². The fourth-order valence-corrected chi connectivity index (χ4v) is 23.2. The number of aromatic amines is 1. The van der Waals surface area contributed by atoms with Gasteiger partial charge in [-0.3, -0.25) is 0 Å². The van der Waals surface area contributed by atoms with Gasteiger partial charge in [-0.25, -0.2) is 4.98 Å². The molecule has 2 aromatic heterocycles. The van der Waals surface area contributed by atoms with Gasteiger partial charge in [0.2, 0.25) is 0 Å². The first kappa shape index (κ1) is 75.8. The molecule has 0 bridgehead atoms. The summed E-state index contributed by atoms with van der Waals surface area (Å²) in [5.41, 5.74) is 5.01. The van der Waals surface area contributed by atoms with Crippen LogP contribution < -0.4 is 68.4 Å². The number of benzene rings is 14. The fraction of sp³-hybridized carbons (Fsp3) is 0.0426. The number of aromatic nitrogens is 3.